The van der Waals surface area contributed by atoms with Gasteiger partial charge in [0.2, 0.25) is 0 Å². The SMILES string of the molecule is CC(C)(C)OC(=O)NC(CCC1C(=O)OC(C)(C)OC1=O)C(=O)O. The van der Waals surface area contributed by atoms with E-state index in [1.165, 1.54) is 13.8 Å². The Morgan fingerprint density at radius 1 is 1.25 bits per heavy atom. The van der Waals surface area contributed by atoms with Crippen LogP contribution in [0, 0.1) is 5.92 Å². The lowest BCUT2D eigenvalue weighted by Crippen LogP contribution is -2.48. The van der Waals surface area contributed by atoms with Gasteiger partial charge in [-0.3, -0.25) is 9.59 Å². The van der Waals surface area contributed by atoms with Crippen LogP contribution in [-0.4, -0.2) is 46.5 Å². The molecule has 9 nitrogen and oxygen atoms in total. The lowest BCUT2D eigenvalue weighted by molar-refractivity contribution is -0.240. The number of carboxylic acid groups (broad SMARTS) is 1. The summed E-state index contributed by atoms with van der Waals surface area (Å²) in [5, 5.41) is 11.4. The molecule has 0 saturated carbocycles. The molecule has 0 aromatic carbocycles. The number of alkyl carbamates (subject to hydrolysis) is 1. The summed E-state index contributed by atoms with van der Waals surface area (Å²) in [5.41, 5.74) is -0.782. The highest BCUT2D eigenvalue weighted by Crippen LogP contribution is 2.26. The van der Waals surface area contributed by atoms with Crippen LogP contribution in [0.1, 0.15) is 47.5 Å². The molecule has 1 saturated heterocycles. The number of amides is 1. The predicted molar refractivity (Wildman–Crippen MR) is 79.8 cm³/mol. The summed E-state index contributed by atoms with van der Waals surface area (Å²) < 4.78 is 14.9. The number of carbonyl (C=O) groups excluding carboxylic acids is 3. The van der Waals surface area contributed by atoms with Gasteiger partial charge in [-0.15, -0.1) is 0 Å². The van der Waals surface area contributed by atoms with Gasteiger partial charge >= 0.3 is 24.0 Å². The number of carboxylic acids is 1. The molecule has 9 heteroatoms. The summed E-state index contributed by atoms with van der Waals surface area (Å²) >= 11 is 0. The van der Waals surface area contributed by atoms with Crippen molar-refractivity contribution in [1.29, 1.82) is 0 Å². The first-order valence-electron chi connectivity index (χ1n) is 7.49. The second-order valence-corrected chi connectivity index (χ2v) is 6.91. The van der Waals surface area contributed by atoms with E-state index in [1.54, 1.807) is 20.8 Å². The number of cyclic esters (lactones) is 2. The maximum absolute atomic E-state index is 11.8. The van der Waals surface area contributed by atoms with Crippen molar-refractivity contribution in [3.05, 3.63) is 0 Å². The minimum Gasteiger partial charge on any atom is -0.480 e. The number of hydrogen-bond donors (Lipinski definition) is 2. The van der Waals surface area contributed by atoms with Crippen molar-refractivity contribution in [2.75, 3.05) is 0 Å². The summed E-state index contributed by atoms with van der Waals surface area (Å²) in [6.07, 6.45) is -1.20. The third-order valence-corrected chi connectivity index (χ3v) is 2.99. The van der Waals surface area contributed by atoms with Gasteiger partial charge in [0.15, 0.2) is 5.92 Å². The highest BCUT2D eigenvalue weighted by atomic mass is 16.7. The van der Waals surface area contributed by atoms with Crippen molar-refractivity contribution in [2.24, 2.45) is 5.92 Å². The van der Waals surface area contributed by atoms with E-state index in [4.69, 9.17) is 19.3 Å². The van der Waals surface area contributed by atoms with Crippen molar-refractivity contribution in [1.82, 2.24) is 5.32 Å². The third-order valence-electron chi connectivity index (χ3n) is 2.99. The predicted octanol–water partition coefficient (Wildman–Crippen LogP) is 1.20. The van der Waals surface area contributed by atoms with Crippen LogP contribution in [0.4, 0.5) is 4.79 Å². The van der Waals surface area contributed by atoms with Crippen molar-refractivity contribution < 1.29 is 38.5 Å². The molecule has 1 rings (SSSR count). The van der Waals surface area contributed by atoms with Gasteiger partial charge < -0.3 is 24.6 Å². The zero-order chi connectivity index (χ0) is 18.7. The van der Waals surface area contributed by atoms with Gasteiger partial charge in [-0.1, -0.05) is 0 Å². The highest BCUT2D eigenvalue weighted by molar-refractivity contribution is 5.96. The van der Waals surface area contributed by atoms with Gasteiger partial charge in [-0.05, 0) is 33.6 Å². The van der Waals surface area contributed by atoms with Crippen molar-refractivity contribution >= 4 is 24.0 Å². The molecule has 1 atom stereocenters. The summed E-state index contributed by atoms with van der Waals surface area (Å²) in [4.78, 5) is 46.6. The van der Waals surface area contributed by atoms with E-state index in [-0.39, 0.29) is 12.8 Å². The van der Waals surface area contributed by atoms with Crippen molar-refractivity contribution in [3.8, 4) is 0 Å². The molecule has 1 unspecified atom stereocenters. The van der Waals surface area contributed by atoms with Gasteiger partial charge in [0, 0.05) is 13.8 Å². The maximum atomic E-state index is 11.8. The molecule has 1 fully saturated rings. The van der Waals surface area contributed by atoms with Crippen LogP contribution in [0.3, 0.4) is 0 Å². The molecule has 24 heavy (non-hydrogen) atoms. The molecule has 1 aliphatic heterocycles. The number of aliphatic carboxylic acids is 1. The fourth-order valence-electron chi connectivity index (χ4n) is 2.02. The standard InChI is InChI=1S/C15H23NO8/c1-14(2,3)24-13(21)16-9(10(17)18)7-6-8-11(19)22-15(4,5)23-12(8)20/h8-9H,6-7H2,1-5H3,(H,16,21)(H,17,18). The Kier molecular flexibility index (Phi) is 5.80. The Bertz CT molecular complexity index is 514. The van der Waals surface area contributed by atoms with Gasteiger partial charge in [0.25, 0.3) is 5.79 Å². The van der Waals surface area contributed by atoms with Gasteiger partial charge in [0.1, 0.15) is 11.6 Å². The van der Waals surface area contributed by atoms with Gasteiger partial charge in [-0.2, -0.15) is 0 Å². The Balaban J connectivity index is 2.64. The zero-order valence-electron chi connectivity index (χ0n) is 14.4. The van der Waals surface area contributed by atoms with E-state index < -0.39 is 47.3 Å². The van der Waals surface area contributed by atoms with E-state index in [1.807, 2.05) is 0 Å². The minimum atomic E-state index is -1.34. The number of ether oxygens (including phenoxy) is 3. The number of hydrogen-bond acceptors (Lipinski definition) is 7. The third kappa shape index (κ3) is 6.05. The van der Waals surface area contributed by atoms with E-state index in [0.29, 0.717) is 0 Å². The average molecular weight is 345 g/mol. The second-order valence-electron chi connectivity index (χ2n) is 6.91. The lowest BCUT2D eigenvalue weighted by atomic mass is 9.99. The molecule has 136 valence electrons. The Morgan fingerprint density at radius 2 is 1.75 bits per heavy atom. The van der Waals surface area contributed by atoms with Gasteiger partial charge in [0.05, 0.1) is 0 Å². The topological polar surface area (TPSA) is 128 Å². The van der Waals surface area contributed by atoms with E-state index in [0.717, 1.165) is 0 Å². The fraction of sp³-hybridized carbons (Fsp3) is 0.733. The normalized spacial score (nSPS) is 19.0. The Labute approximate surface area is 139 Å². The van der Waals surface area contributed by atoms with Crippen LogP contribution in [0.15, 0.2) is 0 Å². The Hall–Kier alpha value is -2.32. The Morgan fingerprint density at radius 3 is 2.17 bits per heavy atom. The van der Waals surface area contributed by atoms with Crippen LogP contribution in [0.25, 0.3) is 0 Å². The molecule has 0 aromatic heterocycles. The van der Waals surface area contributed by atoms with E-state index >= 15 is 0 Å². The summed E-state index contributed by atoms with van der Waals surface area (Å²) in [5.74, 6) is -5.43. The maximum Gasteiger partial charge on any atom is 0.408 e. The van der Waals surface area contributed by atoms with Gasteiger partial charge in [-0.25, -0.2) is 9.59 Å². The fourth-order valence-corrected chi connectivity index (χ4v) is 2.02. The molecule has 0 radical (unpaired) electrons. The van der Waals surface area contributed by atoms with Crippen molar-refractivity contribution in [2.45, 2.75) is 64.9 Å². The smallest absolute Gasteiger partial charge is 0.408 e. The van der Waals surface area contributed by atoms with Crippen LogP contribution < -0.4 is 5.32 Å². The number of carbonyl (C=O) groups is 4. The molecular formula is C15H23NO8. The van der Waals surface area contributed by atoms with E-state index in [2.05, 4.69) is 5.32 Å². The number of nitrogens with one attached hydrogen (secondary N) is 1. The second kappa shape index (κ2) is 7.06. The molecule has 0 aromatic rings. The highest BCUT2D eigenvalue weighted by Gasteiger charge is 2.43. The van der Waals surface area contributed by atoms with Crippen LogP contribution >= 0.6 is 0 Å². The molecule has 1 aliphatic rings. The number of rotatable bonds is 5. The lowest BCUT2D eigenvalue weighted by Gasteiger charge is -2.33. The summed E-state index contributed by atoms with van der Waals surface area (Å²) in [6.45, 7) is 7.75. The summed E-state index contributed by atoms with van der Waals surface area (Å²) in [7, 11) is 0. The quantitative estimate of drug-likeness (QED) is 0.562. The largest absolute Gasteiger partial charge is 0.480 e. The average Bonchev–Trinajstić information content (AvgIpc) is 2.32. The van der Waals surface area contributed by atoms with Crippen LogP contribution in [0.2, 0.25) is 0 Å². The first-order valence-corrected chi connectivity index (χ1v) is 7.49. The monoisotopic (exact) mass is 345 g/mol. The zero-order valence-corrected chi connectivity index (χ0v) is 14.4. The molecular weight excluding hydrogens is 322 g/mol. The molecule has 1 amide bonds. The molecule has 2 N–H and O–H groups in total. The number of esters is 2. The molecule has 0 bridgehead atoms. The first-order chi connectivity index (χ1) is 10.8. The molecule has 0 aliphatic carbocycles. The summed E-state index contributed by atoms with van der Waals surface area (Å²) in [6, 6.07) is -1.31. The van der Waals surface area contributed by atoms with Crippen molar-refractivity contribution in [3.63, 3.8) is 0 Å². The molecule has 0 spiro atoms. The minimum absolute atomic E-state index is 0.138. The van der Waals surface area contributed by atoms with Crippen LogP contribution in [0.5, 0.6) is 0 Å². The first kappa shape index (κ1) is 19.7. The van der Waals surface area contributed by atoms with E-state index in [9.17, 15) is 19.2 Å². The molecule has 1 heterocycles. The van der Waals surface area contributed by atoms with Crippen LogP contribution in [-0.2, 0) is 28.6 Å².